The Morgan fingerprint density at radius 3 is 1.96 bits per heavy atom. The van der Waals surface area contributed by atoms with E-state index >= 15 is 0 Å². The molecule has 0 aliphatic heterocycles. The van der Waals surface area contributed by atoms with Gasteiger partial charge in [-0.15, -0.1) is 5.56 Å². The predicted molar refractivity (Wildman–Crippen MR) is 95.9 cm³/mol. The molecule has 1 nitrogen and oxygen atoms in total. The Kier molecular flexibility index (Phi) is 16.8. The van der Waals surface area contributed by atoms with Crippen LogP contribution in [0.15, 0.2) is 42.5 Å². The van der Waals surface area contributed by atoms with Gasteiger partial charge in [0.25, 0.3) is 0 Å². The molecule has 0 radical (unpaired) electrons. The second kappa shape index (κ2) is 13.7. The van der Waals surface area contributed by atoms with Gasteiger partial charge in [0.05, 0.1) is 0 Å². The fourth-order valence-corrected chi connectivity index (χ4v) is 4.55. The van der Waals surface area contributed by atoms with Crippen LogP contribution in [0.4, 0.5) is 0 Å². The van der Waals surface area contributed by atoms with Crippen LogP contribution < -0.4 is 34.4 Å². The Hall–Kier alpha value is 0.397. The third-order valence-corrected chi connectivity index (χ3v) is 5.62. The Morgan fingerprint density at radius 2 is 1.65 bits per heavy atom. The first-order valence-corrected chi connectivity index (χ1v) is 13.8. The molecule has 0 bridgehead atoms. The standard InChI is InChI=1S/C12H23OSi2.C5H5.2ClH.Zr/c1-7-10-11(13-15(4,5)6)8-9-12(10)14(2)3;1-2-4-5-3-1;;;/h8-9,14H,7H2,1-6H3;1-5H;2*1H;/q2*-1;;;+4/p-2. The average Bonchev–Trinajstić information content (AvgIpc) is 2.97. The van der Waals surface area contributed by atoms with E-state index in [0.717, 1.165) is 12.2 Å². The summed E-state index contributed by atoms with van der Waals surface area (Å²) in [5.41, 5.74) is 1.47. The van der Waals surface area contributed by atoms with Crippen LogP contribution in [0.25, 0.3) is 0 Å². The molecule has 0 N–H and O–H groups in total. The maximum absolute atomic E-state index is 6.12. The van der Waals surface area contributed by atoms with Crippen molar-refractivity contribution in [1.29, 1.82) is 0 Å². The number of rotatable bonds is 4. The first-order valence-electron chi connectivity index (χ1n) is 7.49. The van der Waals surface area contributed by atoms with Crippen LogP contribution in [0.1, 0.15) is 12.5 Å². The van der Waals surface area contributed by atoms with Gasteiger partial charge < -0.3 is 29.2 Å². The molecule has 2 aromatic carbocycles. The number of hydrogen-bond donors (Lipinski definition) is 0. The molecule has 2 aromatic rings. The summed E-state index contributed by atoms with van der Waals surface area (Å²) in [5.74, 6) is 1.16. The van der Waals surface area contributed by atoms with Gasteiger partial charge in [-0.05, 0) is 19.6 Å². The maximum atomic E-state index is 6.12. The van der Waals surface area contributed by atoms with Crippen molar-refractivity contribution < 1.29 is 55.4 Å². The summed E-state index contributed by atoms with van der Waals surface area (Å²) in [6, 6.07) is 14.5. The zero-order valence-corrected chi connectivity index (χ0v) is 21.1. The Balaban J connectivity index is -0.000000431. The largest absolute Gasteiger partial charge is 4.00 e. The molecule has 0 fully saturated rings. The van der Waals surface area contributed by atoms with E-state index in [2.05, 4.69) is 51.8 Å². The molecule has 0 aromatic heterocycles. The van der Waals surface area contributed by atoms with E-state index in [1.165, 1.54) is 5.56 Å². The van der Waals surface area contributed by atoms with Gasteiger partial charge in [0.15, 0.2) is 0 Å². The summed E-state index contributed by atoms with van der Waals surface area (Å²) in [7, 11) is -2.15. The van der Waals surface area contributed by atoms with Crippen molar-refractivity contribution in [2.75, 3.05) is 0 Å². The third-order valence-electron chi connectivity index (χ3n) is 3.01. The molecule has 0 atom stereocenters. The molecule has 0 saturated heterocycles. The van der Waals surface area contributed by atoms with E-state index in [1.807, 2.05) is 30.3 Å². The normalized spacial score (nSPS) is 9.70. The van der Waals surface area contributed by atoms with E-state index < -0.39 is 17.1 Å². The zero-order chi connectivity index (χ0) is 15.2. The van der Waals surface area contributed by atoms with Gasteiger partial charge in [-0.1, -0.05) is 32.2 Å². The van der Waals surface area contributed by atoms with Crippen molar-refractivity contribution in [1.82, 2.24) is 0 Å². The SMILES string of the molecule is CCc1c(O[Si](C)(C)C)cc[c-]1[SiH](C)C.[Cl-].[Cl-].[Zr+4].c1cc[cH-]c1. The molecule has 0 amide bonds. The predicted octanol–water partition coefficient (Wildman–Crippen LogP) is -1.71. The zero-order valence-electron chi connectivity index (χ0n) is 15.0. The van der Waals surface area contributed by atoms with Gasteiger partial charge in [0.1, 0.15) is 0 Å². The van der Waals surface area contributed by atoms with Crippen molar-refractivity contribution in [2.45, 2.75) is 46.1 Å². The molecule has 0 aliphatic carbocycles. The minimum Gasteiger partial charge on any atom is -1.00 e. The fraction of sp³-hybridized carbons (Fsp3) is 0.412. The molecule has 0 unspecified atom stereocenters. The van der Waals surface area contributed by atoms with Crippen molar-refractivity contribution in [3.8, 4) is 5.75 Å². The molecular formula is C17H28Cl2OSi2Zr. The first kappa shape index (κ1) is 28.2. The Labute approximate surface area is 176 Å². The van der Waals surface area contributed by atoms with E-state index in [0.29, 0.717) is 0 Å². The summed E-state index contributed by atoms with van der Waals surface area (Å²) >= 11 is 0. The molecule has 128 valence electrons. The van der Waals surface area contributed by atoms with E-state index in [4.69, 9.17) is 4.43 Å². The fourth-order valence-electron chi connectivity index (χ4n) is 2.17. The minimum absolute atomic E-state index is 0. The second-order valence-corrected chi connectivity index (χ2v) is 13.7. The van der Waals surface area contributed by atoms with Crippen LogP contribution in [0.5, 0.6) is 5.75 Å². The first-order chi connectivity index (χ1) is 9.35. The van der Waals surface area contributed by atoms with Gasteiger partial charge in [-0.3, -0.25) is 0 Å². The average molecular weight is 467 g/mol. The van der Waals surface area contributed by atoms with Gasteiger partial charge in [-0.2, -0.15) is 35.5 Å². The summed E-state index contributed by atoms with van der Waals surface area (Å²) < 4.78 is 6.12. The quantitative estimate of drug-likeness (QED) is 0.385. The Morgan fingerprint density at radius 1 is 1.13 bits per heavy atom. The van der Waals surface area contributed by atoms with Crippen LogP contribution in [0, 0.1) is 0 Å². The van der Waals surface area contributed by atoms with E-state index in [-0.39, 0.29) is 51.0 Å². The van der Waals surface area contributed by atoms with Crippen LogP contribution in [-0.2, 0) is 32.6 Å². The van der Waals surface area contributed by atoms with E-state index in [9.17, 15) is 0 Å². The van der Waals surface area contributed by atoms with Crippen LogP contribution in [0.3, 0.4) is 0 Å². The van der Waals surface area contributed by atoms with Crippen LogP contribution in [0.2, 0.25) is 32.7 Å². The van der Waals surface area contributed by atoms with Gasteiger partial charge in [0, 0.05) is 8.80 Å². The molecule has 0 heterocycles. The molecule has 0 saturated carbocycles. The van der Waals surface area contributed by atoms with Crippen molar-refractivity contribution in [3.63, 3.8) is 0 Å². The minimum atomic E-state index is -1.45. The second-order valence-electron chi connectivity index (χ2n) is 6.32. The smallest absolute Gasteiger partial charge is 1.00 e. The number of hydrogen-bond acceptors (Lipinski definition) is 1. The molecule has 2 rings (SSSR count). The van der Waals surface area contributed by atoms with Gasteiger partial charge >= 0.3 is 26.2 Å². The maximum Gasteiger partial charge on any atom is 4.00 e. The number of halogens is 2. The van der Waals surface area contributed by atoms with E-state index in [1.54, 1.807) is 5.19 Å². The molecule has 23 heavy (non-hydrogen) atoms. The van der Waals surface area contributed by atoms with Crippen molar-refractivity contribution >= 4 is 22.3 Å². The Bertz CT molecular complexity index is 474. The summed E-state index contributed by atoms with van der Waals surface area (Å²) in [6.45, 7) is 13.7. The summed E-state index contributed by atoms with van der Waals surface area (Å²) in [6.07, 6.45) is 1.10. The van der Waals surface area contributed by atoms with Crippen molar-refractivity contribution in [2.24, 2.45) is 0 Å². The topological polar surface area (TPSA) is 9.23 Å². The van der Waals surface area contributed by atoms with Crippen molar-refractivity contribution in [3.05, 3.63) is 48.0 Å². The molecule has 0 spiro atoms. The van der Waals surface area contributed by atoms with Gasteiger partial charge in [-0.25, -0.2) is 12.1 Å². The van der Waals surface area contributed by atoms with Crippen LogP contribution in [-0.4, -0.2) is 17.1 Å². The summed E-state index contributed by atoms with van der Waals surface area (Å²) in [5, 5.41) is 1.59. The molecular weight excluding hydrogens is 438 g/mol. The van der Waals surface area contributed by atoms with Gasteiger partial charge in [0.2, 0.25) is 8.32 Å². The monoisotopic (exact) mass is 464 g/mol. The summed E-state index contributed by atoms with van der Waals surface area (Å²) in [4.78, 5) is 0. The third kappa shape index (κ3) is 10.8. The van der Waals surface area contributed by atoms with Crippen LogP contribution >= 0.6 is 0 Å². The molecule has 6 heteroatoms. The molecule has 0 aliphatic rings.